The highest BCUT2D eigenvalue weighted by molar-refractivity contribution is 5.91. The number of fused-ring (bicyclic) bond motifs is 5. The molecular formula is C25H42O2. The van der Waals surface area contributed by atoms with Crippen molar-refractivity contribution < 1.29 is 9.90 Å². The Morgan fingerprint density at radius 3 is 2.48 bits per heavy atom. The Balaban J connectivity index is 0.000000614. The molecule has 0 radical (unpaired) electrons. The highest BCUT2D eigenvalue weighted by Gasteiger charge is 2.58. The molecule has 1 N–H and O–H groups in total. The number of ketones is 1. The summed E-state index contributed by atoms with van der Waals surface area (Å²) in [6.07, 6.45) is 11.4. The topological polar surface area (TPSA) is 37.3 Å². The second kappa shape index (κ2) is 9.54. The number of carbonyl (C=O) groups is 1. The molecule has 2 nitrogen and oxygen atoms in total. The number of hydrogen-bond acceptors (Lipinski definition) is 2. The minimum absolute atomic E-state index is 0.110. The van der Waals surface area contributed by atoms with Crippen molar-refractivity contribution in [2.45, 2.75) is 98.5 Å². The molecule has 0 aromatic heterocycles. The lowest BCUT2D eigenvalue weighted by Gasteiger charge is -2.55. The van der Waals surface area contributed by atoms with Gasteiger partial charge in [-0.3, -0.25) is 4.79 Å². The highest BCUT2D eigenvalue weighted by atomic mass is 16.3. The molecule has 4 aliphatic carbocycles. The normalized spacial score (nSPS) is 39.6. The molecular weight excluding hydrogens is 332 g/mol. The molecule has 0 aromatic carbocycles. The average molecular weight is 375 g/mol. The van der Waals surface area contributed by atoms with Gasteiger partial charge in [0.05, 0.1) is 6.10 Å². The summed E-state index contributed by atoms with van der Waals surface area (Å²) in [5, 5.41) is 10.8. The zero-order chi connectivity index (χ0) is 20.2. The summed E-state index contributed by atoms with van der Waals surface area (Å²) in [5.74, 6) is 2.83. The summed E-state index contributed by atoms with van der Waals surface area (Å²) in [7, 11) is 0. The lowest BCUT2D eigenvalue weighted by molar-refractivity contribution is -0.115. The van der Waals surface area contributed by atoms with Crippen LogP contribution in [0.5, 0.6) is 0 Å². The van der Waals surface area contributed by atoms with Crippen molar-refractivity contribution in [2.24, 2.45) is 29.1 Å². The second-order valence-corrected chi connectivity index (χ2v) is 8.58. The first kappa shape index (κ1) is 22.4. The predicted octanol–water partition coefficient (Wildman–Crippen LogP) is 6.49. The number of rotatable bonds is 2. The van der Waals surface area contributed by atoms with E-state index < -0.39 is 0 Å². The van der Waals surface area contributed by atoms with E-state index >= 15 is 0 Å². The fourth-order valence-corrected chi connectivity index (χ4v) is 6.88. The van der Waals surface area contributed by atoms with Gasteiger partial charge in [0, 0.05) is 11.8 Å². The van der Waals surface area contributed by atoms with E-state index in [0.29, 0.717) is 29.5 Å². The van der Waals surface area contributed by atoms with Crippen molar-refractivity contribution in [2.75, 3.05) is 0 Å². The summed E-state index contributed by atoms with van der Waals surface area (Å²) in [4.78, 5) is 11.8. The molecule has 3 saturated carbocycles. The largest absolute Gasteiger partial charge is 0.393 e. The minimum Gasteiger partial charge on any atom is -0.393 e. The van der Waals surface area contributed by atoms with Gasteiger partial charge in [0.25, 0.3) is 0 Å². The van der Waals surface area contributed by atoms with Crippen molar-refractivity contribution >= 4 is 5.78 Å². The van der Waals surface area contributed by atoms with Gasteiger partial charge in [0.2, 0.25) is 0 Å². The molecule has 4 rings (SSSR count). The molecule has 0 bridgehead atoms. The Labute approximate surface area is 167 Å². The Morgan fingerprint density at radius 2 is 1.81 bits per heavy atom. The third kappa shape index (κ3) is 3.84. The molecule has 3 fully saturated rings. The maximum atomic E-state index is 11.8. The van der Waals surface area contributed by atoms with Gasteiger partial charge in [-0.05, 0) is 74.7 Å². The molecule has 0 spiro atoms. The Morgan fingerprint density at radius 1 is 1.11 bits per heavy atom. The summed E-state index contributed by atoms with van der Waals surface area (Å²) < 4.78 is 0. The van der Waals surface area contributed by atoms with Crippen LogP contribution in [0.4, 0.5) is 0 Å². The van der Waals surface area contributed by atoms with Crippen molar-refractivity contribution in [3.63, 3.8) is 0 Å². The number of hydrogen-bond donors (Lipinski definition) is 1. The molecule has 27 heavy (non-hydrogen) atoms. The average Bonchev–Trinajstić information content (AvgIpc) is 3.01. The summed E-state index contributed by atoms with van der Waals surface area (Å²) in [6, 6.07) is 0. The molecule has 4 aliphatic rings. The molecule has 154 valence electrons. The van der Waals surface area contributed by atoms with Crippen LogP contribution in [-0.4, -0.2) is 17.0 Å². The summed E-state index contributed by atoms with van der Waals surface area (Å²) in [5.41, 5.74) is 2.90. The van der Waals surface area contributed by atoms with Crippen molar-refractivity contribution in [1.82, 2.24) is 0 Å². The van der Waals surface area contributed by atoms with Gasteiger partial charge in [0.15, 0.2) is 5.78 Å². The number of carbonyl (C=O) groups excluding carboxylic acids is 1. The van der Waals surface area contributed by atoms with E-state index in [0.717, 1.165) is 44.9 Å². The molecule has 2 heteroatoms. The van der Waals surface area contributed by atoms with Gasteiger partial charge in [-0.15, -0.1) is 0 Å². The first-order valence-corrected chi connectivity index (χ1v) is 11.7. The van der Waals surface area contributed by atoms with E-state index in [9.17, 15) is 9.90 Å². The van der Waals surface area contributed by atoms with Gasteiger partial charge in [0.1, 0.15) is 0 Å². The van der Waals surface area contributed by atoms with Crippen LogP contribution < -0.4 is 0 Å². The fourth-order valence-electron chi connectivity index (χ4n) is 6.88. The Kier molecular flexibility index (Phi) is 7.92. The number of aliphatic hydroxyl groups excluding tert-OH is 1. The van der Waals surface area contributed by atoms with E-state index in [1.165, 1.54) is 24.0 Å². The van der Waals surface area contributed by atoms with Crippen LogP contribution in [0, 0.1) is 29.1 Å². The molecule has 6 atom stereocenters. The fraction of sp³-hybridized carbons (Fsp3) is 0.800. The summed E-state index contributed by atoms with van der Waals surface area (Å²) >= 11 is 0. The van der Waals surface area contributed by atoms with Gasteiger partial charge in [-0.2, -0.15) is 0 Å². The zero-order valence-electron chi connectivity index (χ0n) is 18.4. The third-order valence-electron chi connectivity index (χ3n) is 7.60. The minimum atomic E-state index is -0.130. The van der Waals surface area contributed by atoms with Gasteiger partial charge < -0.3 is 5.11 Å². The van der Waals surface area contributed by atoms with E-state index in [-0.39, 0.29) is 11.5 Å². The van der Waals surface area contributed by atoms with E-state index in [4.69, 9.17) is 0 Å². The third-order valence-corrected chi connectivity index (χ3v) is 7.60. The lowest BCUT2D eigenvalue weighted by Crippen LogP contribution is -2.49. The van der Waals surface area contributed by atoms with Gasteiger partial charge in [-0.25, -0.2) is 0 Å². The molecule has 4 unspecified atom stereocenters. The second-order valence-electron chi connectivity index (χ2n) is 8.58. The number of aliphatic hydroxyl groups is 1. The predicted molar refractivity (Wildman–Crippen MR) is 115 cm³/mol. The summed E-state index contributed by atoms with van der Waals surface area (Å²) in [6.45, 7) is 14.8. The standard InChI is InChI=1S/C21H30O2.2C2H6/c1-3-10-21-12-13(2)20-16-7-5-15(22)11-14(16)4-6-17(20)18(21)8-9-19(21)23;2*1-2/h11,16-20,23H,2-10,12H2,1H3;2*1-2H3/t16?,17?,18-,19?,20+,21?;;/m0../s1. The molecule has 0 aromatic rings. The lowest BCUT2D eigenvalue weighted by atomic mass is 9.49. The zero-order valence-corrected chi connectivity index (χ0v) is 18.4. The van der Waals surface area contributed by atoms with Crippen LogP contribution >= 0.6 is 0 Å². The maximum absolute atomic E-state index is 11.8. The van der Waals surface area contributed by atoms with Crippen molar-refractivity contribution in [1.29, 1.82) is 0 Å². The first-order chi connectivity index (χ1) is 13.1. The van der Waals surface area contributed by atoms with Gasteiger partial charge >= 0.3 is 0 Å². The molecule has 0 aliphatic heterocycles. The van der Waals surface area contributed by atoms with Crippen LogP contribution in [0.15, 0.2) is 23.8 Å². The Bertz CT molecular complexity index is 561. The maximum Gasteiger partial charge on any atom is 0.155 e. The number of allylic oxidation sites excluding steroid dienone is 2. The quantitative estimate of drug-likeness (QED) is 0.561. The van der Waals surface area contributed by atoms with Crippen LogP contribution in [0.3, 0.4) is 0 Å². The van der Waals surface area contributed by atoms with E-state index in [2.05, 4.69) is 13.5 Å². The highest BCUT2D eigenvalue weighted by Crippen LogP contribution is 2.64. The smallest absolute Gasteiger partial charge is 0.155 e. The van der Waals surface area contributed by atoms with Gasteiger partial charge in [-0.1, -0.05) is 58.8 Å². The molecule has 0 saturated heterocycles. The first-order valence-electron chi connectivity index (χ1n) is 11.7. The van der Waals surface area contributed by atoms with Crippen LogP contribution in [0.1, 0.15) is 92.4 Å². The monoisotopic (exact) mass is 374 g/mol. The van der Waals surface area contributed by atoms with Crippen molar-refractivity contribution in [3.8, 4) is 0 Å². The SMILES string of the molecule is C=C1CC2(CCC)C(O)CC[C@H]2C2CCC3=CC(=O)CCC3[C@@H]12.CC.CC. The Hall–Kier alpha value is -0.890. The van der Waals surface area contributed by atoms with Crippen LogP contribution in [0.25, 0.3) is 0 Å². The van der Waals surface area contributed by atoms with Crippen LogP contribution in [0.2, 0.25) is 0 Å². The van der Waals surface area contributed by atoms with Crippen LogP contribution in [-0.2, 0) is 4.79 Å². The molecule has 0 heterocycles. The molecule has 0 amide bonds. The van der Waals surface area contributed by atoms with Crippen molar-refractivity contribution in [3.05, 3.63) is 23.8 Å². The van der Waals surface area contributed by atoms with E-state index in [1.54, 1.807) is 0 Å². The van der Waals surface area contributed by atoms with E-state index in [1.807, 2.05) is 33.8 Å².